The molecule has 72 valence electrons. The van der Waals surface area contributed by atoms with Gasteiger partial charge in [0.05, 0.1) is 10.8 Å². The zero-order valence-corrected chi connectivity index (χ0v) is 8.09. The van der Waals surface area contributed by atoms with E-state index >= 15 is 0 Å². The molecule has 2 saturated carbocycles. The molecule has 0 unspecified atom stereocenters. The van der Waals surface area contributed by atoms with Crippen molar-refractivity contribution in [3.8, 4) is 0 Å². The van der Waals surface area contributed by atoms with E-state index in [1.807, 2.05) is 0 Å². The van der Waals surface area contributed by atoms with Crippen LogP contribution < -0.4 is 0 Å². The Bertz CT molecular complexity index is 390. The van der Waals surface area contributed by atoms with E-state index in [0.717, 1.165) is 25.7 Å². The summed E-state index contributed by atoms with van der Waals surface area (Å²) in [5.74, 6) is 0.176. The fourth-order valence-electron chi connectivity index (χ4n) is 4.33. The fraction of sp³-hybridized carbons (Fsp3) is 0.636. The highest BCUT2D eigenvalue weighted by atomic mass is 16.2. The van der Waals surface area contributed by atoms with Gasteiger partial charge in [0.2, 0.25) is 11.8 Å². The van der Waals surface area contributed by atoms with E-state index in [1.165, 1.54) is 16.0 Å². The zero-order valence-electron chi connectivity index (χ0n) is 8.09. The van der Waals surface area contributed by atoms with Crippen LogP contribution >= 0.6 is 0 Å². The molecule has 3 nitrogen and oxygen atoms in total. The van der Waals surface area contributed by atoms with Crippen molar-refractivity contribution in [2.45, 2.75) is 25.7 Å². The standard InChI is InChI=1S/C11H11NO2/c1-12-8(13)10-2-6-3-11(10,9(12)14)5-7(6)4-10/h2-5H2,1H3. The van der Waals surface area contributed by atoms with E-state index in [2.05, 4.69) is 0 Å². The first kappa shape index (κ1) is 7.21. The van der Waals surface area contributed by atoms with Gasteiger partial charge in [-0.2, -0.15) is 0 Å². The molecule has 0 N–H and O–H groups in total. The van der Waals surface area contributed by atoms with Gasteiger partial charge in [-0.1, -0.05) is 11.1 Å². The summed E-state index contributed by atoms with van der Waals surface area (Å²) >= 11 is 0. The number of likely N-dealkylation sites (tertiary alicyclic amines) is 1. The van der Waals surface area contributed by atoms with Crippen LogP contribution in [-0.4, -0.2) is 23.8 Å². The molecular formula is C11H11NO2. The third-order valence-electron chi connectivity index (χ3n) is 4.90. The molecule has 1 aliphatic heterocycles. The SMILES string of the molecule is CN1C(=O)C23CC4=C(C2)CC3(C4)C1=O. The maximum Gasteiger partial charge on any atom is 0.236 e. The van der Waals surface area contributed by atoms with Crippen LogP contribution in [0.1, 0.15) is 25.7 Å². The summed E-state index contributed by atoms with van der Waals surface area (Å²) in [5, 5.41) is 0. The molecule has 0 radical (unpaired) electrons. The highest BCUT2D eigenvalue weighted by molar-refractivity contribution is 6.12. The van der Waals surface area contributed by atoms with E-state index in [1.54, 1.807) is 7.05 Å². The van der Waals surface area contributed by atoms with Crippen molar-refractivity contribution in [3.05, 3.63) is 11.1 Å². The number of hydrogen-bond donors (Lipinski definition) is 0. The molecule has 4 aliphatic carbocycles. The first-order valence-corrected chi connectivity index (χ1v) is 5.13. The first-order valence-electron chi connectivity index (χ1n) is 5.13. The van der Waals surface area contributed by atoms with Crippen LogP contribution in [0.15, 0.2) is 11.1 Å². The summed E-state index contributed by atoms with van der Waals surface area (Å²) in [6.45, 7) is 0. The molecule has 14 heavy (non-hydrogen) atoms. The van der Waals surface area contributed by atoms with Crippen LogP contribution in [0.2, 0.25) is 0 Å². The van der Waals surface area contributed by atoms with Crippen LogP contribution in [0.3, 0.4) is 0 Å². The van der Waals surface area contributed by atoms with Crippen LogP contribution in [0.4, 0.5) is 0 Å². The van der Waals surface area contributed by atoms with Gasteiger partial charge in [0.1, 0.15) is 0 Å². The van der Waals surface area contributed by atoms with Gasteiger partial charge >= 0.3 is 0 Å². The summed E-state index contributed by atoms with van der Waals surface area (Å²) in [4.78, 5) is 25.5. The van der Waals surface area contributed by atoms with Crippen molar-refractivity contribution in [1.29, 1.82) is 0 Å². The van der Waals surface area contributed by atoms with E-state index in [4.69, 9.17) is 0 Å². The van der Waals surface area contributed by atoms with Crippen LogP contribution in [0.25, 0.3) is 0 Å². The minimum absolute atomic E-state index is 0.0880. The number of hydrogen-bond acceptors (Lipinski definition) is 2. The normalized spacial score (nSPS) is 47.6. The van der Waals surface area contributed by atoms with Crippen molar-refractivity contribution in [2.24, 2.45) is 10.8 Å². The summed E-state index contributed by atoms with van der Waals surface area (Å²) in [6.07, 6.45) is 3.54. The third-order valence-corrected chi connectivity index (χ3v) is 4.90. The summed E-state index contributed by atoms with van der Waals surface area (Å²) < 4.78 is 0. The quantitative estimate of drug-likeness (QED) is 0.418. The maximum absolute atomic E-state index is 12.1. The van der Waals surface area contributed by atoms with Gasteiger partial charge in [-0.05, 0) is 25.7 Å². The highest BCUT2D eigenvalue weighted by Crippen LogP contribution is 2.76. The number of amides is 2. The van der Waals surface area contributed by atoms with Gasteiger partial charge in [-0.3, -0.25) is 14.5 Å². The molecule has 2 amide bonds. The minimum atomic E-state index is -0.302. The molecular weight excluding hydrogens is 178 g/mol. The Morgan fingerprint density at radius 1 is 0.929 bits per heavy atom. The van der Waals surface area contributed by atoms with Crippen molar-refractivity contribution in [1.82, 2.24) is 4.90 Å². The molecule has 0 aromatic carbocycles. The van der Waals surface area contributed by atoms with Gasteiger partial charge in [-0.15, -0.1) is 0 Å². The number of carbonyl (C=O) groups is 2. The van der Waals surface area contributed by atoms with E-state index in [-0.39, 0.29) is 22.6 Å². The molecule has 3 heteroatoms. The Hall–Kier alpha value is -1.12. The molecule has 5 rings (SSSR count). The molecule has 0 aromatic heterocycles. The summed E-state index contributed by atoms with van der Waals surface area (Å²) in [5.41, 5.74) is 2.26. The molecule has 1 heterocycles. The molecule has 1 saturated heterocycles. The molecule has 0 aromatic rings. The Morgan fingerprint density at radius 2 is 1.29 bits per heavy atom. The Kier molecular flexibility index (Phi) is 0.811. The third kappa shape index (κ3) is 0.395. The Morgan fingerprint density at radius 3 is 1.64 bits per heavy atom. The number of nitrogens with zero attached hydrogens (tertiary/aromatic N) is 1. The summed E-state index contributed by atoms with van der Waals surface area (Å²) in [6, 6.07) is 0. The number of rotatable bonds is 0. The first-order chi connectivity index (χ1) is 6.61. The fourth-order valence-corrected chi connectivity index (χ4v) is 4.33. The van der Waals surface area contributed by atoms with Crippen LogP contribution in [-0.2, 0) is 9.59 Å². The second kappa shape index (κ2) is 1.58. The summed E-state index contributed by atoms with van der Waals surface area (Å²) in [7, 11) is 1.64. The average Bonchev–Trinajstić information content (AvgIpc) is 2.84. The lowest BCUT2D eigenvalue weighted by Crippen LogP contribution is -2.35. The lowest BCUT2D eigenvalue weighted by molar-refractivity contribution is -0.140. The number of imide groups is 1. The van der Waals surface area contributed by atoms with Gasteiger partial charge in [-0.25, -0.2) is 0 Å². The lowest BCUT2D eigenvalue weighted by atomic mass is 9.70. The Balaban J connectivity index is 2.05. The van der Waals surface area contributed by atoms with Gasteiger partial charge in [0, 0.05) is 7.05 Å². The second-order valence-corrected chi connectivity index (χ2v) is 5.25. The van der Waals surface area contributed by atoms with Gasteiger partial charge in [0.25, 0.3) is 0 Å². The molecule has 5 aliphatic rings. The lowest BCUT2D eigenvalue weighted by Gasteiger charge is -2.26. The maximum atomic E-state index is 12.1. The molecule has 3 fully saturated rings. The van der Waals surface area contributed by atoms with E-state index in [9.17, 15) is 9.59 Å². The molecule has 2 spiro atoms. The highest BCUT2D eigenvalue weighted by Gasteiger charge is 2.78. The number of carbonyl (C=O) groups excluding carboxylic acids is 2. The second-order valence-electron chi connectivity index (χ2n) is 5.25. The van der Waals surface area contributed by atoms with Crippen molar-refractivity contribution < 1.29 is 9.59 Å². The van der Waals surface area contributed by atoms with Gasteiger partial charge in [0.15, 0.2) is 0 Å². The van der Waals surface area contributed by atoms with Crippen molar-refractivity contribution >= 4 is 11.8 Å². The minimum Gasteiger partial charge on any atom is -0.285 e. The van der Waals surface area contributed by atoms with Gasteiger partial charge < -0.3 is 0 Å². The molecule has 0 atom stereocenters. The Labute approximate surface area is 81.8 Å². The smallest absolute Gasteiger partial charge is 0.236 e. The zero-order chi connectivity index (χ0) is 9.72. The van der Waals surface area contributed by atoms with E-state index in [0.29, 0.717) is 0 Å². The number of allylic oxidation sites excluding steroid dienone is 2. The molecule has 4 bridgehead atoms. The predicted molar refractivity (Wildman–Crippen MR) is 48.1 cm³/mol. The van der Waals surface area contributed by atoms with Crippen LogP contribution in [0.5, 0.6) is 0 Å². The van der Waals surface area contributed by atoms with Crippen molar-refractivity contribution in [2.75, 3.05) is 7.05 Å². The van der Waals surface area contributed by atoms with Crippen molar-refractivity contribution in [3.63, 3.8) is 0 Å². The largest absolute Gasteiger partial charge is 0.285 e. The monoisotopic (exact) mass is 189 g/mol. The topological polar surface area (TPSA) is 37.4 Å². The predicted octanol–water partition coefficient (Wildman–Crippen LogP) is 0.856. The van der Waals surface area contributed by atoms with E-state index < -0.39 is 0 Å². The average molecular weight is 189 g/mol. The van der Waals surface area contributed by atoms with Crippen LogP contribution in [0, 0.1) is 10.8 Å².